The van der Waals surface area contributed by atoms with Crippen LogP contribution in [0.3, 0.4) is 0 Å². The summed E-state index contributed by atoms with van der Waals surface area (Å²) in [6, 6.07) is 0. The van der Waals surface area contributed by atoms with E-state index in [0.29, 0.717) is 11.5 Å². The Hall–Kier alpha value is -0.440. The Morgan fingerprint density at radius 3 is 1.23 bits per heavy atom. The zero-order valence-electron chi connectivity index (χ0n) is 21.0. The van der Waals surface area contributed by atoms with Gasteiger partial charge < -0.3 is 4.74 Å². The van der Waals surface area contributed by atoms with Crippen LogP contribution in [-0.4, -0.2) is 11.0 Å². The maximum absolute atomic E-state index is 11.9. The number of cyclic esters (lactones) is 1. The van der Waals surface area contributed by atoms with Crippen LogP contribution in [0.1, 0.15) is 162 Å². The fourth-order valence-corrected chi connectivity index (χ4v) is 5.37. The Kier molecular flexibility index (Phi) is 17.6. The summed E-state index contributed by atoms with van der Waals surface area (Å²) in [5.41, 5.74) is -0.132. The van der Waals surface area contributed by atoms with Gasteiger partial charge in [0, 0.05) is 5.41 Å². The van der Waals surface area contributed by atoms with Gasteiger partial charge in [-0.15, -0.1) is 0 Å². The van der Waals surface area contributed by atoms with Crippen LogP contribution in [0.25, 0.3) is 0 Å². The molecule has 0 radical (unpaired) electrons. The predicted molar refractivity (Wildman–Crippen MR) is 139 cm³/mol. The highest BCUT2D eigenvalue weighted by atomic mass is 32.1. The minimum Gasteiger partial charge on any atom is -0.419 e. The summed E-state index contributed by atoms with van der Waals surface area (Å²) in [4.78, 5) is 11.9. The van der Waals surface area contributed by atoms with Gasteiger partial charge in [-0.2, -0.15) is 0 Å². The number of ether oxygens (including phenoxy) is 1. The summed E-state index contributed by atoms with van der Waals surface area (Å²) in [5, 5.41) is 0.601. The number of carbonyl (C=O) groups excluding carboxylic acids is 1. The highest BCUT2D eigenvalue weighted by Gasteiger charge is 2.44. The van der Waals surface area contributed by atoms with E-state index in [1.165, 1.54) is 128 Å². The molecule has 1 saturated heterocycles. The molecule has 0 atom stereocenters. The zero-order chi connectivity index (χ0) is 22.6. The first-order valence-electron chi connectivity index (χ1n) is 13.9. The van der Waals surface area contributed by atoms with E-state index in [-0.39, 0.29) is 11.4 Å². The largest absolute Gasteiger partial charge is 0.419 e. The number of thiocarbonyl (C=S) groups is 1. The van der Waals surface area contributed by atoms with E-state index in [1.807, 2.05) is 0 Å². The lowest BCUT2D eigenvalue weighted by Crippen LogP contribution is -2.25. The molecule has 1 fully saturated rings. The molecule has 0 amide bonds. The lowest BCUT2D eigenvalue weighted by Gasteiger charge is -2.26. The van der Waals surface area contributed by atoms with Crippen molar-refractivity contribution in [1.29, 1.82) is 0 Å². The summed E-state index contributed by atoms with van der Waals surface area (Å²) >= 11 is 5.53. The van der Waals surface area contributed by atoms with Gasteiger partial charge >= 0.3 is 5.97 Å². The third kappa shape index (κ3) is 13.6. The Morgan fingerprint density at radius 2 is 0.935 bits per heavy atom. The molecule has 182 valence electrons. The molecule has 0 aromatic rings. The van der Waals surface area contributed by atoms with Crippen molar-refractivity contribution in [3.05, 3.63) is 0 Å². The van der Waals surface area contributed by atoms with Gasteiger partial charge in [0.1, 0.15) is 0 Å². The van der Waals surface area contributed by atoms with E-state index in [4.69, 9.17) is 17.0 Å². The summed E-state index contributed by atoms with van der Waals surface area (Å²) in [6.07, 6.45) is 29.5. The predicted octanol–water partition coefficient (Wildman–Crippen LogP) is 9.87. The van der Waals surface area contributed by atoms with Gasteiger partial charge in [-0.1, -0.05) is 142 Å². The van der Waals surface area contributed by atoms with Crippen LogP contribution in [0.2, 0.25) is 0 Å². The average molecular weight is 453 g/mol. The van der Waals surface area contributed by atoms with Crippen LogP contribution in [0.15, 0.2) is 0 Å². The van der Waals surface area contributed by atoms with Crippen molar-refractivity contribution in [3.8, 4) is 0 Å². The second kappa shape index (κ2) is 19.1. The van der Waals surface area contributed by atoms with Crippen LogP contribution >= 0.6 is 12.2 Å². The van der Waals surface area contributed by atoms with Crippen molar-refractivity contribution in [2.45, 2.75) is 162 Å². The SMILES string of the molecule is CCCCCCCCCCCCC1(CCCCCCCCCCCC)CC(=O)OC1=S. The van der Waals surface area contributed by atoms with Crippen LogP contribution in [0.5, 0.6) is 0 Å². The van der Waals surface area contributed by atoms with E-state index < -0.39 is 0 Å². The summed E-state index contributed by atoms with van der Waals surface area (Å²) in [6.45, 7) is 4.55. The maximum atomic E-state index is 11.9. The maximum Gasteiger partial charge on any atom is 0.312 e. The smallest absolute Gasteiger partial charge is 0.312 e. The molecule has 0 N–H and O–H groups in total. The third-order valence-electron chi connectivity index (χ3n) is 7.14. The molecule has 2 nitrogen and oxygen atoms in total. The van der Waals surface area contributed by atoms with Crippen LogP contribution < -0.4 is 0 Å². The molecule has 1 aliphatic heterocycles. The van der Waals surface area contributed by atoms with E-state index in [2.05, 4.69) is 13.8 Å². The van der Waals surface area contributed by atoms with Crippen LogP contribution in [0.4, 0.5) is 0 Å². The van der Waals surface area contributed by atoms with Gasteiger partial charge in [-0.3, -0.25) is 4.79 Å². The molecular weight excluding hydrogens is 400 g/mol. The van der Waals surface area contributed by atoms with E-state index >= 15 is 0 Å². The van der Waals surface area contributed by atoms with Gasteiger partial charge in [-0.25, -0.2) is 0 Å². The minimum atomic E-state index is -0.132. The van der Waals surface area contributed by atoms with Crippen molar-refractivity contribution < 1.29 is 9.53 Å². The Bertz CT molecular complexity index is 436. The molecule has 31 heavy (non-hydrogen) atoms. The molecule has 1 heterocycles. The summed E-state index contributed by atoms with van der Waals surface area (Å²) < 4.78 is 5.35. The van der Waals surface area contributed by atoms with Gasteiger partial charge in [0.25, 0.3) is 0 Å². The quantitative estimate of drug-likeness (QED) is 0.0928. The molecule has 0 unspecified atom stereocenters. The number of hydrogen-bond donors (Lipinski definition) is 0. The normalized spacial score (nSPS) is 15.5. The molecule has 0 saturated carbocycles. The van der Waals surface area contributed by atoms with Crippen molar-refractivity contribution in [3.63, 3.8) is 0 Å². The van der Waals surface area contributed by atoms with Crippen molar-refractivity contribution >= 4 is 23.2 Å². The van der Waals surface area contributed by atoms with Crippen LogP contribution in [-0.2, 0) is 9.53 Å². The van der Waals surface area contributed by atoms with E-state index in [1.54, 1.807) is 0 Å². The molecular formula is C28H52O2S. The first-order valence-corrected chi connectivity index (χ1v) is 14.3. The van der Waals surface area contributed by atoms with Crippen molar-refractivity contribution in [2.24, 2.45) is 5.41 Å². The Morgan fingerprint density at radius 1 is 0.613 bits per heavy atom. The number of hydrogen-bond acceptors (Lipinski definition) is 3. The molecule has 0 aromatic heterocycles. The number of carbonyl (C=O) groups is 1. The standard InChI is InChI=1S/C28H52O2S/c1-3-5-7-9-11-13-15-17-19-21-23-28(25-26(29)30-27(28)31)24-22-20-18-16-14-12-10-8-6-4-2/h3-25H2,1-2H3. The number of rotatable bonds is 22. The molecule has 0 aliphatic carbocycles. The monoisotopic (exact) mass is 452 g/mol. The first-order chi connectivity index (χ1) is 15.1. The minimum absolute atomic E-state index is 0.0934. The van der Waals surface area contributed by atoms with E-state index in [9.17, 15) is 4.79 Å². The Balaban J connectivity index is 2.13. The lowest BCUT2D eigenvalue weighted by atomic mass is 9.77. The van der Waals surface area contributed by atoms with Gasteiger partial charge in [0.2, 0.25) is 0 Å². The molecule has 0 spiro atoms. The van der Waals surface area contributed by atoms with Crippen LogP contribution in [0, 0.1) is 5.41 Å². The molecule has 3 heteroatoms. The van der Waals surface area contributed by atoms with E-state index in [0.717, 1.165) is 12.8 Å². The fraction of sp³-hybridized carbons (Fsp3) is 0.929. The summed E-state index contributed by atoms with van der Waals surface area (Å²) in [5.74, 6) is -0.0934. The lowest BCUT2D eigenvalue weighted by molar-refractivity contribution is -0.133. The highest BCUT2D eigenvalue weighted by Crippen LogP contribution is 2.42. The molecule has 1 rings (SSSR count). The second-order valence-electron chi connectivity index (χ2n) is 10.1. The van der Waals surface area contributed by atoms with Crippen molar-refractivity contribution in [2.75, 3.05) is 0 Å². The highest BCUT2D eigenvalue weighted by molar-refractivity contribution is 7.80. The fourth-order valence-electron chi connectivity index (χ4n) is 5.00. The molecule has 0 aromatic carbocycles. The first kappa shape index (κ1) is 28.6. The average Bonchev–Trinajstić information content (AvgIpc) is 3.04. The molecule has 1 aliphatic rings. The second-order valence-corrected chi connectivity index (χ2v) is 10.5. The molecule has 0 bridgehead atoms. The van der Waals surface area contributed by atoms with Gasteiger partial charge in [0.15, 0.2) is 5.05 Å². The summed E-state index contributed by atoms with van der Waals surface area (Å²) in [7, 11) is 0. The topological polar surface area (TPSA) is 26.3 Å². The van der Waals surface area contributed by atoms with Gasteiger partial charge in [-0.05, 0) is 25.1 Å². The number of unbranched alkanes of at least 4 members (excludes halogenated alkanes) is 18. The van der Waals surface area contributed by atoms with Crippen molar-refractivity contribution in [1.82, 2.24) is 0 Å². The Labute approximate surface area is 199 Å². The third-order valence-corrected chi connectivity index (χ3v) is 7.66. The number of esters is 1. The van der Waals surface area contributed by atoms with Gasteiger partial charge in [0.05, 0.1) is 6.42 Å². The zero-order valence-corrected chi connectivity index (χ0v) is 21.8.